The van der Waals surface area contributed by atoms with Crippen molar-refractivity contribution in [1.29, 1.82) is 0 Å². The zero-order valence-electron chi connectivity index (χ0n) is 27.5. The van der Waals surface area contributed by atoms with Gasteiger partial charge in [-0.3, -0.25) is 14.4 Å². The maximum atomic E-state index is 12.6. The van der Waals surface area contributed by atoms with Gasteiger partial charge in [0.1, 0.15) is 13.2 Å². The Labute approximate surface area is 259 Å². The third-order valence-corrected chi connectivity index (χ3v) is 7.06. The lowest BCUT2D eigenvalue weighted by atomic mass is 10.1. The Balaban J connectivity index is 2.52. The molecule has 0 aromatic carbocycles. The van der Waals surface area contributed by atoms with Crippen LogP contribution in [0.4, 0.5) is 0 Å². The van der Waals surface area contributed by atoms with Crippen molar-refractivity contribution in [2.24, 2.45) is 0 Å². The van der Waals surface area contributed by atoms with E-state index in [0.717, 1.165) is 38.5 Å². The van der Waals surface area contributed by atoms with E-state index in [-0.39, 0.29) is 50.2 Å². The lowest BCUT2D eigenvalue weighted by molar-refractivity contribution is -0.160. The number of ether oxygens (including phenoxy) is 4. The molecule has 43 heavy (non-hydrogen) atoms. The number of carbonyl (C=O) groups excluding carboxylic acids is 3. The fraction of sp³-hybridized carbons (Fsp3) is 0.848. The molecule has 0 aliphatic carbocycles. The van der Waals surface area contributed by atoms with Crippen LogP contribution in [0.2, 0.25) is 0 Å². The van der Waals surface area contributed by atoms with Crippen LogP contribution in [0.25, 0.3) is 0 Å². The highest BCUT2D eigenvalue weighted by Gasteiger charge is 2.19. The summed E-state index contributed by atoms with van der Waals surface area (Å²) in [6.45, 7) is 9.00. The van der Waals surface area contributed by atoms with E-state index >= 15 is 0 Å². The molecular weight excluding hydrogens is 550 g/mol. The summed E-state index contributed by atoms with van der Waals surface area (Å²) in [6, 6.07) is 0. The summed E-state index contributed by atoms with van der Waals surface area (Å²) in [6.07, 6.45) is 18.0. The number of rotatable bonds is 28. The van der Waals surface area contributed by atoms with Gasteiger partial charge in [-0.2, -0.15) is 0 Å². The van der Waals surface area contributed by atoms with Crippen molar-refractivity contribution >= 4 is 17.9 Å². The number of esters is 3. The van der Waals surface area contributed by atoms with Gasteiger partial charge in [0.25, 0.3) is 0 Å². The molecule has 0 saturated carbocycles. The molecule has 10 nitrogen and oxygen atoms in total. The summed E-state index contributed by atoms with van der Waals surface area (Å²) >= 11 is 0. The van der Waals surface area contributed by atoms with Crippen LogP contribution in [-0.2, 0) is 46.3 Å². The topological polar surface area (TPSA) is 119 Å². The lowest BCUT2D eigenvalue weighted by Crippen LogP contribution is -2.30. The molecule has 0 spiro atoms. The largest absolute Gasteiger partial charge is 0.463 e. The van der Waals surface area contributed by atoms with Gasteiger partial charge in [-0.15, -0.1) is 5.10 Å². The van der Waals surface area contributed by atoms with Crippen LogP contribution < -0.4 is 0 Å². The quantitative estimate of drug-likeness (QED) is 0.0567. The maximum Gasteiger partial charge on any atom is 0.306 e. The third kappa shape index (κ3) is 22.7. The van der Waals surface area contributed by atoms with Crippen LogP contribution in [0.5, 0.6) is 0 Å². The molecule has 1 aromatic rings. The van der Waals surface area contributed by atoms with Crippen molar-refractivity contribution < 1.29 is 33.3 Å². The minimum absolute atomic E-state index is 0.0297. The summed E-state index contributed by atoms with van der Waals surface area (Å²) in [7, 11) is 0. The molecule has 0 aliphatic rings. The van der Waals surface area contributed by atoms with E-state index in [9.17, 15) is 14.4 Å². The predicted octanol–water partition coefficient (Wildman–Crippen LogP) is 6.92. The normalized spacial score (nSPS) is 11.9. The number of aryl methyl sites for hydroxylation is 1. The van der Waals surface area contributed by atoms with Crippen molar-refractivity contribution in [2.75, 3.05) is 19.8 Å². The SMILES string of the molecule is CCCCCCCCCC(=O)OCC(Cn1cc(CCC(=O)OCCOC(C)C)nn1)OC(=O)CCCCCCCCC. The monoisotopic (exact) mass is 609 g/mol. The van der Waals surface area contributed by atoms with Crippen LogP contribution in [0, 0.1) is 0 Å². The molecule has 0 N–H and O–H groups in total. The molecule has 248 valence electrons. The summed E-state index contributed by atoms with van der Waals surface area (Å²) in [5.41, 5.74) is 0.625. The second kappa shape index (κ2) is 26.0. The van der Waals surface area contributed by atoms with Gasteiger partial charge in [-0.05, 0) is 26.7 Å². The Morgan fingerprint density at radius 2 is 1.28 bits per heavy atom. The number of unbranched alkanes of at least 4 members (excludes halogenated alkanes) is 12. The number of hydrogen-bond donors (Lipinski definition) is 0. The van der Waals surface area contributed by atoms with E-state index in [2.05, 4.69) is 24.2 Å². The molecule has 1 atom stereocenters. The van der Waals surface area contributed by atoms with Crippen LogP contribution in [0.1, 0.15) is 143 Å². The van der Waals surface area contributed by atoms with Gasteiger partial charge in [0, 0.05) is 25.5 Å². The number of aromatic nitrogens is 3. The van der Waals surface area contributed by atoms with Gasteiger partial charge in [0.15, 0.2) is 6.10 Å². The molecule has 0 amide bonds. The van der Waals surface area contributed by atoms with E-state index in [0.29, 0.717) is 31.6 Å². The molecule has 1 unspecified atom stereocenters. The maximum absolute atomic E-state index is 12.6. The molecule has 0 bridgehead atoms. The van der Waals surface area contributed by atoms with E-state index in [1.54, 1.807) is 10.9 Å². The van der Waals surface area contributed by atoms with Gasteiger partial charge in [-0.1, -0.05) is 96.1 Å². The van der Waals surface area contributed by atoms with E-state index < -0.39 is 6.10 Å². The molecule has 1 rings (SSSR count). The highest BCUT2D eigenvalue weighted by Crippen LogP contribution is 2.12. The van der Waals surface area contributed by atoms with E-state index in [1.165, 1.54) is 51.4 Å². The Hall–Kier alpha value is -2.49. The molecule has 0 fully saturated rings. The van der Waals surface area contributed by atoms with E-state index in [1.807, 2.05) is 13.8 Å². The van der Waals surface area contributed by atoms with Gasteiger partial charge in [0.05, 0.1) is 31.4 Å². The minimum Gasteiger partial charge on any atom is -0.463 e. The van der Waals surface area contributed by atoms with Crippen molar-refractivity contribution in [2.45, 2.75) is 162 Å². The number of hydrogen-bond acceptors (Lipinski definition) is 9. The third-order valence-electron chi connectivity index (χ3n) is 7.06. The van der Waals surface area contributed by atoms with Gasteiger partial charge < -0.3 is 18.9 Å². The Morgan fingerprint density at radius 1 is 0.721 bits per heavy atom. The molecule has 0 aliphatic heterocycles. The second-order valence-corrected chi connectivity index (χ2v) is 11.6. The Morgan fingerprint density at radius 3 is 1.88 bits per heavy atom. The predicted molar refractivity (Wildman–Crippen MR) is 166 cm³/mol. The van der Waals surface area contributed by atoms with Gasteiger partial charge in [-0.25, -0.2) is 4.68 Å². The first-order valence-electron chi connectivity index (χ1n) is 16.8. The van der Waals surface area contributed by atoms with Crippen LogP contribution in [-0.4, -0.2) is 64.9 Å². The fourth-order valence-electron chi connectivity index (χ4n) is 4.57. The standard InChI is InChI=1S/C33H59N3O7/c1-5-7-9-11-13-15-17-19-31(37)42-27-30(43-33(39)20-18-16-14-12-10-8-6-2)26-36-25-29(34-35-36)21-22-32(38)41-24-23-40-28(3)4/h25,28,30H,5-24,26-27H2,1-4H3. The zero-order valence-corrected chi connectivity index (χ0v) is 27.5. The summed E-state index contributed by atoms with van der Waals surface area (Å²) < 4.78 is 23.3. The highest BCUT2D eigenvalue weighted by molar-refractivity contribution is 5.70. The van der Waals surface area contributed by atoms with Crippen molar-refractivity contribution in [3.05, 3.63) is 11.9 Å². The van der Waals surface area contributed by atoms with Crippen molar-refractivity contribution in [3.63, 3.8) is 0 Å². The molecule has 1 aromatic heterocycles. The summed E-state index contributed by atoms with van der Waals surface area (Å²) in [4.78, 5) is 37.0. The van der Waals surface area contributed by atoms with E-state index in [4.69, 9.17) is 18.9 Å². The first-order chi connectivity index (χ1) is 20.8. The van der Waals surface area contributed by atoms with Crippen LogP contribution >= 0.6 is 0 Å². The van der Waals surface area contributed by atoms with Gasteiger partial charge >= 0.3 is 17.9 Å². The summed E-state index contributed by atoms with van der Waals surface area (Å²) in [5, 5.41) is 8.26. The highest BCUT2D eigenvalue weighted by atomic mass is 16.6. The summed E-state index contributed by atoms with van der Waals surface area (Å²) in [5.74, 6) is -0.906. The lowest BCUT2D eigenvalue weighted by Gasteiger charge is -2.18. The molecule has 1 heterocycles. The van der Waals surface area contributed by atoms with Crippen molar-refractivity contribution in [3.8, 4) is 0 Å². The average Bonchev–Trinajstić information content (AvgIpc) is 3.43. The number of carbonyl (C=O) groups is 3. The van der Waals surface area contributed by atoms with Crippen LogP contribution in [0.15, 0.2) is 6.20 Å². The second-order valence-electron chi connectivity index (χ2n) is 11.6. The smallest absolute Gasteiger partial charge is 0.306 e. The molecular formula is C33H59N3O7. The average molecular weight is 610 g/mol. The zero-order chi connectivity index (χ0) is 31.5. The fourth-order valence-corrected chi connectivity index (χ4v) is 4.57. The minimum atomic E-state index is -0.671. The molecule has 10 heteroatoms. The number of nitrogens with zero attached hydrogens (tertiary/aromatic N) is 3. The molecule has 0 saturated heterocycles. The Bertz CT molecular complexity index is 859. The molecule has 0 radical (unpaired) electrons. The van der Waals surface area contributed by atoms with Gasteiger partial charge in [0.2, 0.25) is 0 Å². The van der Waals surface area contributed by atoms with Crippen LogP contribution in [0.3, 0.4) is 0 Å². The Kier molecular flexibility index (Phi) is 23.3. The first kappa shape index (κ1) is 38.5. The first-order valence-corrected chi connectivity index (χ1v) is 16.8. The van der Waals surface area contributed by atoms with Crippen molar-refractivity contribution in [1.82, 2.24) is 15.0 Å².